The molecule has 1 fully saturated rings. The van der Waals surface area contributed by atoms with E-state index in [1.165, 1.54) is 10.6 Å². The molecule has 2 aromatic rings. The van der Waals surface area contributed by atoms with Crippen LogP contribution in [0.1, 0.15) is 12.0 Å². The van der Waals surface area contributed by atoms with E-state index in [4.69, 9.17) is 0 Å². The Kier molecular flexibility index (Phi) is 4.58. The molecule has 7 nitrogen and oxygen atoms in total. The first-order valence-corrected chi connectivity index (χ1v) is 10.9. The van der Waals surface area contributed by atoms with Crippen molar-refractivity contribution < 1.29 is 18.0 Å². The summed E-state index contributed by atoms with van der Waals surface area (Å²) in [6, 6.07) is 14.5. The van der Waals surface area contributed by atoms with Crippen LogP contribution in [0.15, 0.2) is 48.5 Å². The van der Waals surface area contributed by atoms with E-state index in [-0.39, 0.29) is 18.2 Å². The molecule has 2 aliphatic rings. The fourth-order valence-electron chi connectivity index (χ4n) is 3.78. The fourth-order valence-corrected chi connectivity index (χ4v) is 4.74. The maximum atomic E-state index is 12.7. The van der Waals surface area contributed by atoms with Crippen LogP contribution in [0.2, 0.25) is 0 Å². The molecule has 4 rings (SSSR count). The van der Waals surface area contributed by atoms with Crippen molar-refractivity contribution in [1.29, 1.82) is 0 Å². The van der Waals surface area contributed by atoms with E-state index in [1.54, 1.807) is 17.0 Å². The molecule has 2 aromatic carbocycles. The Morgan fingerprint density at radius 3 is 2.61 bits per heavy atom. The van der Waals surface area contributed by atoms with E-state index >= 15 is 0 Å². The van der Waals surface area contributed by atoms with Gasteiger partial charge in [-0.15, -0.1) is 0 Å². The standard InChI is InChI=1S/C20H21N3O4S/c1-28(26,27)23-10-9-14-11-16(7-8-18(14)23)21-20(25)15-12-19(24)22(13-15)17-5-3-2-4-6-17/h2-8,11,15H,9-10,12-13H2,1H3,(H,21,25). The Morgan fingerprint density at radius 1 is 1.14 bits per heavy atom. The molecule has 2 aliphatic heterocycles. The van der Waals surface area contributed by atoms with Gasteiger partial charge in [0.2, 0.25) is 21.8 Å². The molecule has 2 heterocycles. The maximum Gasteiger partial charge on any atom is 0.232 e. The molecule has 146 valence electrons. The van der Waals surface area contributed by atoms with Crippen molar-refractivity contribution in [3.05, 3.63) is 54.1 Å². The second-order valence-electron chi connectivity index (χ2n) is 7.16. The zero-order chi connectivity index (χ0) is 19.9. The van der Waals surface area contributed by atoms with E-state index in [1.807, 2.05) is 36.4 Å². The summed E-state index contributed by atoms with van der Waals surface area (Å²) >= 11 is 0. The molecule has 1 saturated heterocycles. The minimum absolute atomic E-state index is 0.0657. The molecule has 1 atom stereocenters. The van der Waals surface area contributed by atoms with Crippen molar-refractivity contribution in [3.8, 4) is 0 Å². The van der Waals surface area contributed by atoms with Crippen LogP contribution in [0.4, 0.5) is 17.1 Å². The topological polar surface area (TPSA) is 86.8 Å². The van der Waals surface area contributed by atoms with E-state index in [2.05, 4.69) is 5.32 Å². The van der Waals surface area contributed by atoms with Crippen molar-refractivity contribution in [2.24, 2.45) is 5.92 Å². The molecule has 0 bridgehead atoms. The molecule has 0 aliphatic carbocycles. The van der Waals surface area contributed by atoms with Crippen LogP contribution in [0.25, 0.3) is 0 Å². The fraction of sp³-hybridized carbons (Fsp3) is 0.300. The second kappa shape index (κ2) is 6.94. The Morgan fingerprint density at radius 2 is 1.89 bits per heavy atom. The highest BCUT2D eigenvalue weighted by Gasteiger charge is 2.35. The number of rotatable bonds is 4. The summed E-state index contributed by atoms with van der Waals surface area (Å²) < 4.78 is 25.0. The zero-order valence-electron chi connectivity index (χ0n) is 15.5. The van der Waals surface area contributed by atoms with Gasteiger partial charge >= 0.3 is 0 Å². The summed E-state index contributed by atoms with van der Waals surface area (Å²) in [5.74, 6) is -0.692. The summed E-state index contributed by atoms with van der Waals surface area (Å²) in [6.07, 6.45) is 1.97. The molecule has 1 unspecified atom stereocenters. The van der Waals surface area contributed by atoms with E-state index in [0.29, 0.717) is 30.9 Å². The molecule has 0 saturated carbocycles. The quantitative estimate of drug-likeness (QED) is 0.852. The van der Waals surface area contributed by atoms with Gasteiger partial charge in [-0.05, 0) is 42.3 Å². The van der Waals surface area contributed by atoms with Gasteiger partial charge < -0.3 is 10.2 Å². The number of hydrogen-bond acceptors (Lipinski definition) is 4. The van der Waals surface area contributed by atoms with Gasteiger partial charge in [0.05, 0.1) is 17.9 Å². The largest absolute Gasteiger partial charge is 0.326 e. The van der Waals surface area contributed by atoms with Crippen molar-refractivity contribution in [2.75, 3.05) is 33.9 Å². The predicted octanol–water partition coefficient (Wildman–Crippen LogP) is 2.00. The third-order valence-electron chi connectivity index (χ3n) is 5.16. The molecule has 2 amide bonds. The molecule has 28 heavy (non-hydrogen) atoms. The first-order chi connectivity index (χ1) is 13.3. The van der Waals surface area contributed by atoms with Gasteiger partial charge in [-0.25, -0.2) is 8.42 Å². The number of amides is 2. The lowest BCUT2D eigenvalue weighted by Crippen LogP contribution is -2.28. The van der Waals surface area contributed by atoms with Gasteiger partial charge in [-0.2, -0.15) is 0 Å². The highest BCUT2D eigenvalue weighted by atomic mass is 32.2. The SMILES string of the molecule is CS(=O)(=O)N1CCc2cc(NC(=O)C3CC(=O)N(c4ccccc4)C3)ccc21. The normalized spacial score (nSPS) is 19.0. The Balaban J connectivity index is 1.46. The number of carbonyl (C=O) groups excluding carboxylic acids is 2. The van der Waals surface area contributed by atoms with Crippen LogP contribution < -0.4 is 14.5 Å². The maximum absolute atomic E-state index is 12.7. The summed E-state index contributed by atoms with van der Waals surface area (Å²) in [5, 5.41) is 2.87. The molecule has 0 spiro atoms. The number of carbonyl (C=O) groups is 2. The van der Waals surface area contributed by atoms with Gasteiger partial charge in [0, 0.05) is 30.9 Å². The molecule has 8 heteroatoms. The lowest BCUT2D eigenvalue weighted by molar-refractivity contribution is -0.122. The molecule has 0 radical (unpaired) electrons. The minimum Gasteiger partial charge on any atom is -0.326 e. The van der Waals surface area contributed by atoms with Crippen molar-refractivity contribution >= 4 is 38.9 Å². The number of fused-ring (bicyclic) bond motifs is 1. The second-order valence-corrected chi connectivity index (χ2v) is 9.07. The van der Waals surface area contributed by atoms with Crippen molar-refractivity contribution in [2.45, 2.75) is 12.8 Å². The average Bonchev–Trinajstić information content (AvgIpc) is 3.25. The number of anilines is 3. The van der Waals surface area contributed by atoms with Crippen molar-refractivity contribution in [1.82, 2.24) is 0 Å². The Hall–Kier alpha value is -2.87. The number of nitrogens with one attached hydrogen (secondary N) is 1. The van der Waals surface area contributed by atoms with Crippen LogP contribution in [-0.4, -0.2) is 39.6 Å². The van der Waals surface area contributed by atoms with Gasteiger partial charge in [-0.1, -0.05) is 18.2 Å². The smallest absolute Gasteiger partial charge is 0.232 e. The monoisotopic (exact) mass is 399 g/mol. The van der Waals surface area contributed by atoms with Crippen LogP contribution in [0, 0.1) is 5.92 Å². The zero-order valence-corrected chi connectivity index (χ0v) is 16.3. The predicted molar refractivity (Wildman–Crippen MR) is 108 cm³/mol. The third kappa shape index (κ3) is 3.47. The summed E-state index contributed by atoms with van der Waals surface area (Å²) in [5.41, 5.74) is 2.95. The van der Waals surface area contributed by atoms with Crippen LogP contribution in [0.5, 0.6) is 0 Å². The third-order valence-corrected chi connectivity index (χ3v) is 6.34. The van der Waals surface area contributed by atoms with E-state index in [0.717, 1.165) is 11.3 Å². The summed E-state index contributed by atoms with van der Waals surface area (Å²) in [4.78, 5) is 26.6. The summed E-state index contributed by atoms with van der Waals surface area (Å²) in [6.45, 7) is 0.760. The average molecular weight is 399 g/mol. The molecule has 0 aromatic heterocycles. The van der Waals surface area contributed by atoms with Crippen LogP contribution in [-0.2, 0) is 26.0 Å². The van der Waals surface area contributed by atoms with Crippen LogP contribution in [0.3, 0.4) is 0 Å². The highest BCUT2D eigenvalue weighted by Crippen LogP contribution is 2.32. The number of benzene rings is 2. The van der Waals surface area contributed by atoms with E-state index in [9.17, 15) is 18.0 Å². The summed E-state index contributed by atoms with van der Waals surface area (Å²) in [7, 11) is -3.30. The number of nitrogens with zero attached hydrogens (tertiary/aromatic N) is 2. The van der Waals surface area contributed by atoms with E-state index < -0.39 is 15.9 Å². The number of para-hydroxylation sites is 1. The van der Waals surface area contributed by atoms with Crippen LogP contribution >= 0.6 is 0 Å². The highest BCUT2D eigenvalue weighted by molar-refractivity contribution is 7.92. The molecular weight excluding hydrogens is 378 g/mol. The van der Waals surface area contributed by atoms with Gasteiger partial charge in [0.15, 0.2) is 0 Å². The van der Waals surface area contributed by atoms with Gasteiger partial charge in [-0.3, -0.25) is 13.9 Å². The number of sulfonamides is 1. The molecule has 1 N–H and O–H groups in total. The van der Waals surface area contributed by atoms with Gasteiger partial charge in [0.25, 0.3) is 0 Å². The van der Waals surface area contributed by atoms with Crippen molar-refractivity contribution in [3.63, 3.8) is 0 Å². The first kappa shape index (κ1) is 18.5. The molecular formula is C20H21N3O4S. The Bertz CT molecular complexity index is 1040. The lowest BCUT2D eigenvalue weighted by Gasteiger charge is -2.17. The minimum atomic E-state index is -3.30. The van der Waals surface area contributed by atoms with Gasteiger partial charge in [0.1, 0.15) is 0 Å². The Labute approximate surface area is 164 Å². The lowest BCUT2D eigenvalue weighted by atomic mass is 10.1. The number of hydrogen-bond donors (Lipinski definition) is 1. The first-order valence-electron chi connectivity index (χ1n) is 9.10.